The van der Waals surface area contributed by atoms with Gasteiger partial charge in [0.25, 0.3) is 0 Å². The Bertz CT molecular complexity index is 1140. The van der Waals surface area contributed by atoms with Gasteiger partial charge in [0.15, 0.2) is 0 Å². The van der Waals surface area contributed by atoms with Crippen molar-refractivity contribution in [2.24, 2.45) is 0 Å². The average Bonchev–Trinajstić information content (AvgIpc) is 2.79. The number of carbonyl (C=O) groups excluding carboxylic acids is 1. The molecule has 7 nitrogen and oxygen atoms in total. The van der Waals surface area contributed by atoms with E-state index in [0.29, 0.717) is 23.6 Å². The molecule has 0 fully saturated rings. The second-order valence-electron chi connectivity index (χ2n) is 7.26. The van der Waals surface area contributed by atoms with E-state index in [0.717, 1.165) is 5.56 Å². The smallest absolute Gasteiger partial charge is 0.241 e. The van der Waals surface area contributed by atoms with E-state index in [1.165, 1.54) is 6.07 Å². The van der Waals surface area contributed by atoms with Gasteiger partial charge < -0.3 is 10.1 Å². The van der Waals surface area contributed by atoms with E-state index in [-0.39, 0.29) is 17.9 Å². The lowest BCUT2D eigenvalue weighted by Crippen LogP contribution is -2.47. The molecular weight excluding hydrogens is 426 g/mol. The minimum atomic E-state index is -3.94. The number of pyridine rings is 1. The summed E-state index contributed by atoms with van der Waals surface area (Å²) < 4.78 is 34.2. The van der Waals surface area contributed by atoms with Gasteiger partial charge in [0.2, 0.25) is 15.9 Å². The van der Waals surface area contributed by atoms with Crippen LogP contribution in [0.5, 0.6) is 5.75 Å². The van der Waals surface area contributed by atoms with E-state index < -0.39 is 22.0 Å². The summed E-state index contributed by atoms with van der Waals surface area (Å²) in [5.74, 6) is 0.200. The van der Waals surface area contributed by atoms with Crippen LogP contribution in [0.3, 0.4) is 0 Å². The van der Waals surface area contributed by atoms with Gasteiger partial charge in [-0.25, -0.2) is 8.42 Å². The van der Waals surface area contributed by atoms with Gasteiger partial charge in [-0.2, -0.15) is 4.72 Å². The molecule has 32 heavy (non-hydrogen) atoms. The Hall–Kier alpha value is -3.23. The summed E-state index contributed by atoms with van der Waals surface area (Å²) in [6.45, 7) is 4.34. The van der Waals surface area contributed by atoms with Crippen LogP contribution in [0.2, 0.25) is 0 Å². The lowest BCUT2D eigenvalue weighted by Gasteiger charge is -2.19. The molecule has 2 aromatic carbocycles. The van der Waals surface area contributed by atoms with Crippen molar-refractivity contribution in [3.8, 4) is 5.75 Å². The number of hydrogen-bond acceptors (Lipinski definition) is 5. The number of carbonyl (C=O) groups is 1. The van der Waals surface area contributed by atoms with Crippen LogP contribution in [0.4, 0.5) is 0 Å². The van der Waals surface area contributed by atoms with E-state index in [2.05, 4.69) is 15.0 Å². The Labute approximate surface area is 188 Å². The van der Waals surface area contributed by atoms with Gasteiger partial charge >= 0.3 is 0 Å². The highest BCUT2D eigenvalue weighted by Gasteiger charge is 2.26. The molecule has 1 aromatic heterocycles. The quantitative estimate of drug-likeness (QED) is 0.492. The lowest BCUT2D eigenvalue weighted by molar-refractivity contribution is -0.122. The van der Waals surface area contributed by atoms with Crippen molar-refractivity contribution in [1.29, 1.82) is 0 Å². The summed E-state index contributed by atoms with van der Waals surface area (Å²) in [7, 11) is -3.94. The van der Waals surface area contributed by atoms with E-state index in [1.807, 2.05) is 43.3 Å². The van der Waals surface area contributed by atoms with Gasteiger partial charge in [-0.15, -0.1) is 0 Å². The minimum Gasteiger partial charge on any atom is -0.494 e. The van der Waals surface area contributed by atoms with E-state index >= 15 is 0 Å². The number of sulfonamides is 1. The number of amides is 1. The molecule has 3 rings (SSSR count). The number of hydrogen-bond donors (Lipinski definition) is 2. The largest absolute Gasteiger partial charge is 0.494 e. The molecule has 1 atom stereocenters. The third-order valence-corrected chi connectivity index (χ3v) is 6.29. The molecule has 0 saturated carbocycles. The fraction of sp³-hybridized carbons (Fsp3) is 0.250. The van der Waals surface area contributed by atoms with Crippen molar-refractivity contribution in [2.45, 2.75) is 37.8 Å². The first kappa shape index (κ1) is 23.4. The lowest BCUT2D eigenvalue weighted by atomic mass is 10.1. The first-order chi connectivity index (χ1) is 15.4. The number of aryl methyl sites for hydroxylation is 1. The van der Waals surface area contributed by atoms with Gasteiger partial charge in [0.1, 0.15) is 11.8 Å². The van der Waals surface area contributed by atoms with Crippen molar-refractivity contribution < 1.29 is 17.9 Å². The summed E-state index contributed by atoms with van der Waals surface area (Å²) in [6.07, 6.45) is 1.85. The summed E-state index contributed by atoms with van der Waals surface area (Å²) in [5.41, 5.74) is 2.23. The zero-order chi connectivity index (χ0) is 23.0. The van der Waals surface area contributed by atoms with Gasteiger partial charge in [-0.1, -0.05) is 36.4 Å². The maximum Gasteiger partial charge on any atom is 0.241 e. The third kappa shape index (κ3) is 6.38. The van der Waals surface area contributed by atoms with Crippen molar-refractivity contribution in [1.82, 2.24) is 15.0 Å². The topological polar surface area (TPSA) is 97.4 Å². The molecule has 2 N–H and O–H groups in total. The molecule has 0 aliphatic carbocycles. The van der Waals surface area contributed by atoms with Crippen LogP contribution in [0.1, 0.15) is 23.7 Å². The SMILES string of the molecule is CCOc1ccc(S(=O)(=O)N[C@H](Cc2ccccc2)C(=O)NCc2ccccn2)cc1C. The second-order valence-corrected chi connectivity index (χ2v) is 8.98. The molecule has 0 radical (unpaired) electrons. The fourth-order valence-electron chi connectivity index (χ4n) is 3.20. The maximum atomic E-state index is 13.1. The van der Waals surface area contributed by atoms with E-state index in [4.69, 9.17) is 4.74 Å². The number of ether oxygens (including phenoxy) is 1. The Balaban J connectivity index is 1.80. The highest BCUT2D eigenvalue weighted by Crippen LogP contribution is 2.22. The number of rotatable bonds is 10. The second kappa shape index (κ2) is 10.9. The van der Waals surface area contributed by atoms with Crippen molar-refractivity contribution in [2.75, 3.05) is 6.61 Å². The molecule has 168 valence electrons. The molecule has 0 aliphatic rings. The molecule has 8 heteroatoms. The molecule has 1 heterocycles. The average molecular weight is 454 g/mol. The summed E-state index contributed by atoms with van der Waals surface area (Å²) in [5, 5.41) is 2.78. The van der Waals surface area contributed by atoms with Crippen LogP contribution in [0.15, 0.2) is 77.8 Å². The van der Waals surface area contributed by atoms with Gasteiger partial charge in [0.05, 0.1) is 23.7 Å². The maximum absolute atomic E-state index is 13.1. The first-order valence-corrected chi connectivity index (χ1v) is 11.8. The highest BCUT2D eigenvalue weighted by molar-refractivity contribution is 7.89. The molecule has 0 unspecified atom stereocenters. The summed E-state index contributed by atoms with van der Waals surface area (Å²) >= 11 is 0. The normalized spacial score (nSPS) is 12.2. The van der Waals surface area contributed by atoms with Crippen LogP contribution < -0.4 is 14.8 Å². The van der Waals surface area contributed by atoms with E-state index in [1.54, 1.807) is 37.4 Å². The molecular formula is C24H27N3O4S. The number of nitrogens with one attached hydrogen (secondary N) is 2. The first-order valence-electron chi connectivity index (χ1n) is 10.4. The Morgan fingerprint density at radius 1 is 1.06 bits per heavy atom. The summed E-state index contributed by atoms with van der Waals surface area (Å²) in [4.78, 5) is 17.2. The highest BCUT2D eigenvalue weighted by atomic mass is 32.2. The third-order valence-electron chi connectivity index (χ3n) is 4.82. The fourth-order valence-corrected chi connectivity index (χ4v) is 4.48. The van der Waals surface area contributed by atoms with Crippen molar-refractivity contribution in [3.05, 3.63) is 89.7 Å². The van der Waals surface area contributed by atoms with Crippen LogP contribution in [-0.4, -0.2) is 32.0 Å². The van der Waals surface area contributed by atoms with Gasteiger partial charge in [-0.3, -0.25) is 9.78 Å². The predicted octanol–water partition coefficient (Wildman–Crippen LogP) is 2.99. The van der Waals surface area contributed by atoms with Crippen LogP contribution in [0.25, 0.3) is 0 Å². The van der Waals surface area contributed by atoms with Crippen LogP contribution in [-0.2, 0) is 27.8 Å². The molecule has 0 bridgehead atoms. The zero-order valence-corrected chi connectivity index (χ0v) is 18.9. The molecule has 0 aliphatic heterocycles. The van der Waals surface area contributed by atoms with Crippen molar-refractivity contribution in [3.63, 3.8) is 0 Å². The Morgan fingerprint density at radius 3 is 2.47 bits per heavy atom. The van der Waals surface area contributed by atoms with Crippen molar-refractivity contribution >= 4 is 15.9 Å². The molecule has 3 aromatic rings. The number of aromatic nitrogens is 1. The molecule has 1 amide bonds. The zero-order valence-electron chi connectivity index (χ0n) is 18.1. The Kier molecular flexibility index (Phi) is 7.97. The standard InChI is InChI=1S/C24H27N3O4S/c1-3-31-23-13-12-21(15-18(23)2)32(29,30)27-22(16-19-9-5-4-6-10-19)24(28)26-17-20-11-7-8-14-25-20/h4-15,22,27H,3,16-17H2,1-2H3,(H,26,28)/t22-/m1/s1. The van der Waals surface area contributed by atoms with Crippen LogP contribution >= 0.6 is 0 Å². The number of benzene rings is 2. The number of nitrogens with zero attached hydrogens (tertiary/aromatic N) is 1. The monoisotopic (exact) mass is 453 g/mol. The molecule has 0 spiro atoms. The molecule has 0 saturated heterocycles. The van der Waals surface area contributed by atoms with Gasteiger partial charge in [0, 0.05) is 6.20 Å². The van der Waals surface area contributed by atoms with E-state index in [9.17, 15) is 13.2 Å². The summed E-state index contributed by atoms with van der Waals surface area (Å²) in [6, 6.07) is 18.3. The predicted molar refractivity (Wildman–Crippen MR) is 123 cm³/mol. The Morgan fingerprint density at radius 2 is 1.81 bits per heavy atom. The van der Waals surface area contributed by atoms with Crippen LogP contribution in [0, 0.1) is 6.92 Å². The van der Waals surface area contributed by atoms with Gasteiger partial charge in [-0.05, 0) is 61.7 Å². The minimum absolute atomic E-state index is 0.0778.